The van der Waals surface area contributed by atoms with E-state index in [1.165, 1.54) is 11.3 Å². The molecule has 0 aliphatic carbocycles. The summed E-state index contributed by atoms with van der Waals surface area (Å²) in [5, 5.41) is 3.42. The van der Waals surface area contributed by atoms with E-state index in [1.807, 2.05) is 41.2 Å². The van der Waals surface area contributed by atoms with Crippen LogP contribution in [0.25, 0.3) is 10.2 Å². The minimum Gasteiger partial charge on any atom is -0.375 e. The van der Waals surface area contributed by atoms with E-state index >= 15 is 0 Å². The average Bonchev–Trinajstić information content (AvgIpc) is 3.05. The summed E-state index contributed by atoms with van der Waals surface area (Å²) < 4.78 is 2.95. The molecule has 0 atom stereocenters. The van der Waals surface area contributed by atoms with E-state index < -0.39 is 0 Å². The lowest BCUT2D eigenvalue weighted by molar-refractivity contribution is 0.0952. The first-order chi connectivity index (χ1) is 9.72. The fourth-order valence-electron chi connectivity index (χ4n) is 2.00. The molecule has 3 aromatic rings. The Morgan fingerprint density at radius 3 is 2.95 bits per heavy atom. The molecule has 0 fully saturated rings. The fraction of sp³-hybridized carbons (Fsp3) is 0.143. The number of hydrogen-bond donors (Lipinski definition) is 2. The van der Waals surface area contributed by atoms with Crippen molar-refractivity contribution >= 4 is 32.6 Å². The molecule has 0 bridgehead atoms. The first kappa shape index (κ1) is 12.7. The molecule has 0 unspecified atom stereocenters. The number of nitrogens with one attached hydrogen (secondary N) is 1. The summed E-state index contributed by atoms with van der Waals surface area (Å²) in [6.07, 6.45) is 3.94. The summed E-state index contributed by atoms with van der Waals surface area (Å²) >= 11 is 1.39. The highest BCUT2D eigenvalue weighted by molar-refractivity contribution is 7.22. The zero-order valence-electron chi connectivity index (χ0n) is 10.7. The molecular weight excluding hydrogens is 272 g/mol. The normalized spacial score (nSPS) is 10.8. The molecule has 0 radical (unpaired) electrons. The highest BCUT2D eigenvalue weighted by Gasteiger charge is 2.08. The second-order valence-electron chi connectivity index (χ2n) is 4.41. The van der Waals surface area contributed by atoms with Crippen molar-refractivity contribution in [2.75, 3.05) is 12.3 Å². The molecule has 102 valence electrons. The van der Waals surface area contributed by atoms with Gasteiger partial charge in [0, 0.05) is 31.0 Å². The molecule has 1 aromatic carbocycles. The number of carbonyl (C=O) groups excluding carboxylic acids is 1. The molecule has 5 nitrogen and oxygen atoms in total. The number of rotatable bonds is 4. The van der Waals surface area contributed by atoms with Crippen LogP contribution in [0.5, 0.6) is 0 Å². The number of anilines is 1. The molecule has 0 spiro atoms. The number of aromatic nitrogens is 2. The van der Waals surface area contributed by atoms with Gasteiger partial charge in [-0.2, -0.15) is 0 Å². The molecule has 0 aliphatic heterocycles. The van der Waals surface area contributed by atoms with Gasteiger partial charge in [-0.1, -0.05) is 11.3 Å². The number of benzene rings is 1. The lowest BCUT2D eigenvalue weighted by atomic mass is 10.2. The van der Waals surface area contributed by atoms with E-state index in [-0.39, 0.29) is 5.91 Å². The van der Waals surface area contributed by atoms with Crippen molar-refractivity contribution in [1.82, 2.24) is 14.9 Å². The van der Waals surface area contributed by atoms with Gasteiger partial charge >= 0.3 is 0 Å². The number of nitrogens with two attached hydrogens (primary N) is 1. The van der Waals surface area contributed by atoms with Gasteiger partial charge in [-0.05, 0) is 30.3 Å². The van der Waals surface area contributed by atoms with Crippen molar-refractivity contribution in [1.29, 1.82) is 0 Å². The molecule has 6 heteroatoms. The zero-order valence-corrected chi connectivity index (χ0v) is 11.6. The molecule has 0 aliphatic rings. The van der Waals surface area contributed by atoms with Crippen LogP contribution in [0.15, 0.2) is 42.7 Å². The molecule has 2 heterocycles. The van der Waals surface area contributed by atoms with Crippen LogP contribution in [-0.4, -0.2) is 22.0 Å². The molecule has 20 heavy (non-hydrogen) atoms. The standard InChI is InChI=1S/C14H14N4OS/c15-14-17-11-4-3-10(9-12(11)20-14)13(19)16-5-8-18-6-1-2-7-18/h1-4,6-7,9H,5,8H2,(H2,15,17)(H,16,19). The van der Waals surface area contributed by atoms with E-state index in [0.717, 1.165) is 16.8 Å². The van der Waals surface area contributed by atoms with Crippen LogP contribution in [0.1, 0.15) is 10.4 Å². The molecule has 0 saturated heterocycles. The maximum Gasteiger partial charge on any atom is 0.251 e. The van der Waals surface area contributed by atoms with Gasteiger partial charge in [-0.3, -0.25) is 4.79 Å². The Balaban J connectivity index is 1.65. The largest absolute Gasteiger partial charge is 0.375 e. The van der Waals surface area contributed by atoms with Crippen LogP contribution in [0.2, 0.25) is 0 Å². The van der Waals surface area contributed by atoms with Crippen molar-refractivity contribution in [2.24, 2.45) is 0 Å². The SMILES string of the molecule is Nc1nc2ccc(C(=O)NCCn3cccc3)cc2s1. The van der Waals surface area contributed by atoms with E-state index in [1.54, 1.807) is 6.07 Å². The zero-order chi connectivity index (χ0) is 13.9. The minimum atomic E-state index is -0.0778. The van der Waals surface area contributed by atoms with Crippen LogP contribution < -0.4 is 11.1 Å². The quantitative estimate of drug-likeness (QED) is 0.771. The molecular formula is C14H14N4OS. The van der Waals surface area contributed by atoms with Gasteiger partial charge in [0.05, 0.1) is 10.2 Å². The van der Waals surface area contributed by atoms with Gasteiger partial charge in [-0.15, -0.1) is 0 Å². The summed E-state index contributed by atoms with van der Waals surface area (Å²) in [5.41, 5.74) is 7.12. The number of carbonyl (C=O) groups is 1. The van der Waals surface area contributed by atoms with Crippen LogP contribution in [0.3, 0.4) is 0 Å². The number of fused-ring (bicyclic) bond motifs is 1. The molecule has 3 rings (SSSR count). The van der Waals surface area contributed by atoms with E-state index in [2.05, 4.69) is 10.3 Å². The Morgan fingerprint density at radius 2 is 2.15 bits per heavy atom. The average molecular weight is 286 g/mol. The van der Waals surface area contributed by atoms with Crippen LogP contribution in [0, 0.1) is 0 Å². The number of hydrogen-bond acceptors (Lipinski definition) is 4. The number of nitrogen functional groups attached to an aromatic ring is 1. The van der Waals surface area contributed by atoms with Gasteiger partial charge in [0.1, 0.15) is 0 Å². The highest BCUT2D eigenvalue weighted by Crippen LogP contribution is 2.24. The summed E-state index contributed by atoms with van der Waals surface area (Å²) in [6.45, 7) is 1.35. The fourth-order valence-corrected chi connectivity index (χ4v) is 2.78. The predicted octanol–water partition coefficient (Wildman–Crippen LogP) is 2.11. The molecule has 1 amide bonds. The maximum absolute atomic E-state index is 12.1. The van der Waals surface area contributed by atoms with E-state index in [9.17, 15) is 4.79 Å². The van der Waals surface area contributed by atoms with Crippen molar-refractivity contribution in [3.8, 4) is 0 Å². The number of nitrogens with zero attached hydrogens (tertiary/aromatic N) is 2. The van der Waals surface area contributed by atoms with Crippen molar-refractivity contribution in [3.63, 3.8) is 0 Å². The third kappa shape index (κ3) is 2.65. The Bertz CT molecular complexity index is 733. The minimum absolute atomic E-state index is 0.0778. The second kappa shape index (κ2) is 5.34. The topological polar surface area (TPSA) is 72.9 Å². The molecule has 0 saturated carbocycles. The first-order valence-electron chi connectivity index (χ1n) is 6.27. The predicted molar refractivity (Wildman–Crippen MR) is 80.8 cm³/mol. The Hall–Kier alpha value is -2.34. The van der Waals surface area contributed by atoms with Crippen molar-refractivity contribution in [3.05, 3.63) is 48.3 Å². The van der Waals surface area contributed by atoms with Gasteiger partial charge in [0.25, 0.3) is 5.91 Å². The second-order valence-corrected chi connectivity index (χ2v) is 5.47. The van der Waals surface area contributed by atoms with Gasteiger partial charge in [0.2, 0.25) is 0 Å². The number of amides is 1. The third-order valence-electron chi connectivity index (χ3n) is 2.99. The monoisotopic (exact) mass is 286 g/mol. The molecule has 3 N–H and O–H groups in total. The lowest BCUT2D eigenvalue weighted by Gasteiger charge is -2.06. The maximum atomic E-state index is 12.1. The van der Waals surface area contributed by atoms with Gasteiger partial charge in [-0.25, -0.2) is 4.98 Å². The Morgan fingerprint density at radius 1 is 1.35 bits per heavy atom. The first-order valence-corrected chi connectivity index (χ1v) is 7.09. The molecule has 2 aromatic heterocycles. The third-order valence-corrected chi connectivity index (χ3v) is 3.84. The smallest absolute Gasteiger partial charge is 0.251 e. The summed E-state index contributed by atoms with van der Waals surface area (Å²) in [5.74, 6) is -0.0778. The lowest BCUT2D eigenvalue weighted by Crippen LogP contribution is -2.26. The van der Waals surface area contributed by atoms with Gasteiger partial charge in [0.15, 0.2) is 5.13 Å². The summed E-state index contributed by atoms with van der Waals surface area (Å²) in [6, 6.07) is 9.35. The van der Waals surface area contributed by atoms with Crippen molar-refractivity contribution in [2.45, 2.75) is 6.54 Å². The highest BCUT2D eigenvalue weighted by atomic mass is 32.1. The van der Waals surface area contributed by atoms with Crippen LogP contribution in [-0.2, 0) is 6.54 Å². The van der Waals surface area contributed by atoms with Crippen LogP contribution in [0.4, 0.5) is 5.13 Å². The Labute approximate surface area is 120 Å². The summed E-state index contributed by atoms with van der Waals surface area (Å²) in [7, 11) is 0. The summed E-state index contributed by atoms with van der Waals surface area (Å²) in [4.78, 5) is 16.2. The Kier molecular flexibility index (Phi) is 3.39. The van der Waals surface area contributed by atoms with Gasteiger partial charge < -0.3 is 15.6 Å². The van der Waals surface area contributed by atoms with E-state index in [4.69, 9.17) is 5.73 Å². The number of thiazole rings is 1. The van der Waals surface area contributed by atoms with E-state index in [0.29, 0.717) is 17.2 Å². The van der Waals surface area contributed by atoms with Crippen LogP contribution >= 0.6 is 11.3 Å². The van der Waals surface area contributed by atoms with Crippen molar-refractivity contribution < 1.29 is 4.79 Å².